The van der Waals surface area contributed by atoms with Crippen LogP contribution in [0, 0.1) is 37.0 Å². The Kier molecular flexibility index (Phi) is 31.9. The Bertz CT molecular complexity index is 4210. The lowest BCUT2D eigenvalue weighted by atomic mass is 9.73. The molecule has 0 aromatic carbocycles. The zero-order chi connectivity index (χ0) is 81.9. The summed E-state index contributed by atoms with van der Waals surface area (Å²) >= 11 is 8.32. The maximum atomic E-state index is 13.2. The van der Waals surface area contributed by atoms with Gasteiger partial charge in [0, 0.05) is 64.3 Å². The number of carbonyl (C=O) groups is 3. The van der Waals surface area contributed by atoms with Gasteiger partial charge in [-0.25, -0.2) is 19.4 Å². The minimum Gasteiger partial charge on any atom is -0.479 e. The molecule has 1 saturated heterocycles. The number of carboxylic acid groups (broad SMARTS) is 1. The van der Waals surface area contributed by atoms with Gasteiger partial charge in [0.1, 0.15) is 4.60 Å². The third kappa shape index (κ3) is 25.0. The molecule has 0 spiro atoms. The van der Waals surface area contributed by atoms with Gasteiger partial charge < -0.3 is 38.1 Å². The fourth-order valence-corrected chi connectivity index (χ4v) is 18.0. The standard InChI is InChI=1S/C29H41NO3S.C27H43BO5S.C27H37NO3S.C8H10BrN/c1-9-12-21-13-11-14-22(30-21)26-24(20-15-17-29(7,8)18-16-20)23(19(3)34-26)25(27(31)32-10-2)33-28(4,5)6;1-12-30-23(29)21(31-24(3,4)5)19-17(2)34-22(28-32-26(8,9)27(10,11)33-28)20(19)18-13-15-25(6,7)16-14-18;1-8-10-19-11-9-12-20(28-19)24-22(18-13-15-27(6,7)16-14-18)21(17(2)32-24)23(25(29)30)31-26(3,4)5;1-2-4-7-5-3-6-8(9)10-7/h11,13-15,25H,9-10,12,16-18H2,1-8H3;13,21H,12,14-16H2,1-11H3;9,11-13,23H,8,10,14-16H2,1-7H3,(H,29,30);3,5-6H,2,4H2,1H3. The monoisotopic (exact) mass is 1630 g/mol. The molecule has 110 heavy (non-hydrogen) atoms. The van der Waals surface area contributed by atoms with Crippen LogP contribution in [0.15, 0.2) is 77.4 Å². The minimum atomic E-state index is -1.01. The highest BCUT2D eigenvalue weighted by Gasteiger charge is 2.54. The van der Waals surface area contributed by atoms with E-state index in [2.05, 4.69) is 173 Å². The molecule has 1 aliphatic heterocycles. The molecule has 3 aliphatic carbocycles. The van der Waals surface area contributed by atoms with E-state index in [1.54, 1.807) is 34.0 Å². The highest BCUT2D eigenvalue weighted by molar-refractivity contribution is 9.10. The second-order valence-electron chi connectivity index (χ2n) is 36.1. The van der Waals surface area contributed by atoms with Crippen molar-refractivity contribution in [3.05, 3.63) is 143 Å². The number of hydrogen-bond donors (Lipinski definition) is 1. The summed E-state index contributed by atoms with van der Waals surface area (Å²) in [5.74, 6) is -1.62. The Morgan fingerprint density at radius 1 is 0.491 bits per heavy atom. The van der Waals surface area contributed by atoms with Gasteiger partial charge in [-0.05, 0) is 293 Å². The van der Waals surface area contributed by atoms with E-state index >= 15 is 0 Å². The van der Waals surface area contributed by atoms with Crippen LogP contribution >= 0.6 is 49.9 Å². The number of allylic oxidation sites excluding steroid dienone is 6. The van der Waals surface area contributed by atoms with Gasteiger partial charge in [-0.2, -0.15) is 0 Å². The van der Waals surface area contributed by atoms with Gasteiger partial charge in [0.15, 0.2) is 18.3 Å². The molecule has 1 N–H and O–H groups in total. The van der Waals surface area contributed by atoms with Crippen LogP contribution in [-0.2, 0) is 66.6 Å². The van der Waals surface area contributed by atoms with E-state index in [4.69, 9.17) is 43.0 Å². The van der Waals surface area contributed by atoms with E-state index in [1.807, 2.05) is 107 Å². The quantitative estimate of drug-likeness (QED) is 0.0364. The van der Waals surface area contributed by atoms with Crippen molar-refractivity contribution < 1.29 is 52.5 Å². The Morgan fingerprint density at radius 3 is 1.15 bits per heavy atom. The van der Waals surface area contributed by atoms with Crippen LogP contribution in [-0.4, -0.2) is 86.3 Å². The van der Waals surface area contributed by atoms with Crippen LogP contribution in [0.3, 0.4) is 0 Å². The second kappa shape index (κ2) is 38.3. The average molecular weight is 1630 g/mol. The van der Waals surface area contributed by atoms with Gasteiger partial charge in [-0.3, -0.25) is 9.97 Å². The van der Waals surface area contributed by atoms with E-state index in [9.17, 15) is 19.5 Å². The maximum Gasteiger partial charge on any atom is 0.506 e. The summed E-state index contributed by atoms with van der Waals surface area (Å²) < 4.78 is 44.8. The van der Waals surface area contributed by atoms with E-state index in [0.29, 0.717) is 13.2 Å². The van der Waals surface area contributed by atoms with Crippen LogP contribution in [0.4, 0.5) is 0 Å². The number of nitrogens with zero attached hydrogens (tertiary/aromatic N) is 3. The number of halogens is 1. The lowest BCUT2D eigenvalue weighted by Crippen LogP contribution is -2.41. The van der Waals surface area contributed by atoms with Crippen molar-refractivity contribution in [1.29, 1.82) is 0 Å². The molecule has 0 amide bonds. The predicted octanol–water partition coefficient (Wildman–Crippen LogP) is 24.9. The largest absolute Gasteiger partial charge is 0.506 e. The molecule has 6 aromatic rings. The average Bonchev–Trinajstić information content (AvgIpc) is 1.58. The van der Waals surface area contributed by atoms with Gasteiger partial charge >= 0.3 is 25.0 Å². The first-order valence-corrected chi connectivity index (χ1v) is 43.4. The molecule has 0 bridgehead atoms. The first-order valence-electron chi connectivity index (χ1n) is 40.1. The van der Waals surface area contributed by atoms with Crippen molar-refractivity contribution in [2.24, 2.45) is 16.2 Å². The number of pyridine rings is 3. The van der Waals surface area contributed by atoms with Crippen molar-refractivity contribution in [2.45, 2.75) is 330 Å². The van der Waals surface area contributed by atoms with Crippen molar-refractivity contribution in [2.75, 3.05) is 13.2 Å². The fraction of sp³-hybridized carbons (Fsp3) is 0.604. The predicted molar refractivity (Wildman–Crippen MR) is 462 cm³/mol. The summed E-state index contributed by atoms with van der Waals surface area (Å²) in [6.45, 7) is 56.7. The summed E-state index contributed by atoms with van der Waals surface area (Å²) in [7, 11) is -0.495. The van der Waals surface area contributed by atoms with Gasteiger partial charge in [-0.15, -0.1) is 34.0 Å². The summed E-state index contributed by atoms with van der Waals surface area (Å²) in [6.07, 6.45) is 19.7. The van der Waals surface area contributed by atoms with Crippen LogP contribution in [0.5, 0.6) is 0 Å². The lowest BCUT2D eigenvalue weighted by Gasteiger charge is -2.32. The molecule has 7 heterocycles. The van der Waals surface area contributed by atoms with E-state index < -0.39 is 59.4 Å². The lowest BCUT2D eigenvalue weighted by molar-refractivity contribution is -0.167. The van der Waals surface area contributed by atoms with Gasteiger partial charge in [0.05, 0.1) is 62.4 Å². The Labute approximate surface area is 681 Å². The summed E-state index contributed by atoms with van der Waals surface area (Å²) in [5.41, 5.74) is 13.2. The number of rotatable bonds is 23. The molecule has 10 rings (SSSR count). The SMILES string of the molecule is CCCc1cccc(-c2sc(C)c(C(OC(C)(C)C)C(=O)O)c2C2=CCC(C)(C)CC2)n1.CCCc1cccc(-c2sc(C)c(C(OC(C)(C)C)C(=O)OCC)c2C2=CCC(C)(C)CC2)n1.CCCc1cccc(Br)n1.CCOC(=O)C(OC(C)(C)C)c1c(C)sc(B2OC(C)(C)C(C)(C)O2)c1C1=CCC(C)(C)CC1. The Balaban J connectivity index is 0.000000215. The summed E-state index contributed by atoms with van der Waals surface area (Å²) in [5, 5.41) is 10.2. The van der Waals surface area contributed by atoms with Crippen molar-refractivity contribution in [3.8, 4) is 21.1 Å². The molecule has 1 fully saturated rings. The summed E-state index contributed by atoms with van der Waals surface area (Å²) in [4.78, 5) is 58.4. The fourth-order valence-electron chi connectivity index (χ4n) is 14.0. The Hall–Kier alpha value is -5.48. The second-order valence-corrected chi connectivity index (χ2v) is 40.7. The number of hydrogen-bond acceptors (Lipinski definition) is 16. The number of esters is 2. The number of carboxylic acids is 1. The molecule has 6 aromatic heterocycles. The zero-order valence-corrected chi connectivity index (χ0v) is 75.8. The molecule has 4 aliphatic rings. The van der Waals surface area contributed by atoms with Gasteiger partial charge in [-0.1, -0.05) is 118 Å². The number of thiophene rings is 3. The van der Waals surface area contributed by atoms with Crippen LogP contribution in [0.25, 0.3) is 37.9 Å². The van der Waals surface area contributed by atoms with Crippen LogP contribution < -0.4 is 4.78 Å². The molecule has 0 saturated carbocycles. The third-order valence-corrected chi connectivity index (χ3v) is 24.4. The normalized spacial score (nSPS) is 18.0. The number of ether oxygens (including phenoxy) is 5. The third-order valence-electron chi connectivity index (χ3n) is 20.6. The number of aryl methyl sites for hydroxylation is 6. The highest BCUT2D eigenvalue weighted by Crippen LogP contribution is 2.52. The molecule has 0 radical (unpaired) electrons. The highest BCUT2D eigenvalue weighted by atomic mass is 79.9. The van der Waals surface area contributed by atoms with E-state index in [-0.39, 0.29) is 28.2 Å². The van der Waals surface area contributed by atoms with E-state index in [0.717, 1.165) is 192 Å². The molecular weight excluding hydrogens is 1500 g/mol. The zero-order valence-electron chi connectivity index (χ0n) is 71.7. The molecule has 3 atom stereocenters. The molecule has 19 heteroatoms. The summed E-state index contributed by atoms with van der Waals surface area (Å²) in [6, 6.07) is 18.5. The topological polar surface area (TPSA) is 175 Å². The van der Waals surface area contributed by atoms with E-state index in [1.165, 1.54) is 16.7 Å². The van der Waals surface area contributed by atoms with Gasteiger partial charge in [0.2, 0.25) is 0 Å². The smallest absolute Gasteiger partial charge is 0.479 e. The minimum absolute atomic E-state index is 0.266. The number of carbonyl (C=O) groups excluding carboxylic acids is 2. The first-order chi connectivity index (χ1) is 51.2. The van der Waals surface area contributed by atoms with Crippen molar-refractivity contribution in [3.63, 3.8) is 0 Å². The molecular formula is C91H131BBrN3O11S3. The number of aliphatic carboxylic acids is 1. The van der Waals surface area contributed by atoms with Gasteiger partial charge in [0.25, 0.3) is 0 Å². The molecule has 604 valence electrons. The maximum absolute atomic E-state index is 13.2. The Morgan fingerprint density at radius 2 is 0.818 bits per heavy atom. The molecule has 3 unspecified atom stereocenters. The molecule has 14 nitrogen and oxygen atoms in total. The first kappa shape index (κ1) is 91.7. The van der Waals surface area contributed by atoms with Crippen LogP contribution in [0.2, 0.25) is 0 Å². The van der Waals surface area contributed by atoms with Crippen molar-refractivity contribution >= 4 is 96.5 Å². The number of aromatic nitrogens is 3. The van der Waals surface area contributed by atoms with Crippen LogP contribution in [0.1, 0.15) is 327 Å². The van der Waals surface area contributed by atoms with Crippen molar-refractivity contribution in [1.82, 2.24) is 15.0 Å².